The van der Waals surface area contributed by atoms with Gasteiger partial charge in [-0.1, -0.05) is 6.07 Å². The van der Waals surface area contributed by atoms with Gasteiger partial charge in [0.1, 0.15) is 5.75 Å². The maximum atomic E-state index is 14.3. The zero-order valence-electron chi connectivity index (χ0n) is 16.2. The molecule has 3 aromatic rings. The molecule has 6 nitrogen and oxygen atoms in total. The minimum Gasteiger partial charge on any atom is -0.453 e. The summed E-state index contributed by atoms with van der Waals surface area (Å²) < 4.78 is 21.9. The first-order valence-electron chi connectivity index (χ1n) is 9.24. The minimum atomic E-state index is -0.429. The highest BCUT2D eigenvalue weighted by Crippen LogP contribution is 2.24. The van der Waals surface area contributed by atoms with Crippen molar-refractivity contribution in [2.75, 3.05) is 13.1 Å². The predicted octanol–water partition coefficient (Wildman–Crippen LogP) is 4.19. The van der Waals surface area contributed by atoms with Crippen LogP contribution in [0, 0.1) is 5.82 Å². The van der Waals surface area contributed by atoms with E-state index in [0.29, 0.717) is 18.3 Å². The van der Waals surface area contributed by atoms with Crippen molar-refractivity contribution in [1.29, 1.82) is 0 Å². The molecule has 29 heavy (non-hydrogen) atoms. The molecule has 0 aliphatic rings. The van der Waals surface area contributed by atoms with Gasteiger partial charge in [0, 0.05) is 38.2 Å². The van der Waals surface area contributed by atoms with Crippen molar-refractivity contribution in [3.8, 4) is 11.5 Å². The Morgan fingerprint density at radius 1 is 1.17 bits per heavy atom. The Labute approximate surface area is 187 Å². The van der Waals surface area contributed by atoms with Gasteiger partial charge in [-0.25, -0.2) is 9.38 Å². The summed E-state index contributed by atoms with van der Waals surface area (Å²) in [4.78, 5) is 8.48. The molecule has 0 bridgehead atoms. The van der Waals surface area contributed by atoms with Crippen molar-refractivity contribution in [2.24, 2.45) is 4.99 Å². The molecule has 0 unspecified atom stereocenters. The van der Waals surface area contributed by atoms with E-state index in [1.54, 1.807) is 30.6 Å². The van der Waals surface area contributed by atoms with Crippen molar-refractivity contribution in [1.82, 2.24) is 20.2 Å². The number of guanidine groups is 1. The standard InChI is InChI=1S/C21H24FN5O.HI/c1-2-24-21(25-10-13-27-11-3-4-12-27)26-15-17-7-8-20(19(22)14-17)28-18-6-5-9-23-16-18;/h3-9,11-12,14,16H,2,10,13,15H2,1H3,(H2,24,25,26);1H. The molecule has 0 radical (unpaired) electrons. The normalized spacial score (nSPS) is 10.9. The van der Waals surface area contributed by atoms with E-state index < -0.39 is 5.82 Å². The molecule has 0 saturated carbocycles. The van der Waals surface area contributed by atoms with Gasteiger partial charge in [0.25, 0.3) is 0 Å². The van der Waals surface area contributed by atoms with Crippen LogP contribution in [-0.4, -0.2) is 28.6 Å². The van der Waals surface area contributed by atoms with Crippen LogP contribution in [0.1, 0.15) is 12.5 Å². The Kier molecular flexibility index (Phi) is 9.42. The second-order valence-electron chi connectivity index (χ2n) is 6.10. The topological polar surface area (TPSA) is 63.5 Å². The summed E-state index contributed by atoms with van der Waals surface area (Å²) >= 11 is 0. The van der Waals surface area contributed by atoms with Crippen LogP contribution in [0.4, 0.5) is 4.39 Å². The number of pyridine rings is 1. The van der Waals surface area contributed by atoms with E-state index in [0.717, 1.165) is 25.2 Å². The summed E-state index contributed by atoms with van der Waals surface area (Å²) in [7, 11) is 0. The highest BCUT2D eigenvalue weighted by Gasteiger charge is 2.07. The van der Waals surface area contributed by atoms with E-state index in [9.17, 15) is 4.39 Å². The lowest BCUT2D eigenvalue weighted by atomic mass is 10.2. The van der Waals surface area contributed by atoms with Crippen LogP contribution in [0.5, 0.6) is 11.5 Å². The maximum absolute atomic E-state index is 14.3. The lowest BCUT2D eigenvalue weighted by Gasteiger charge is -2.12. The van der Waals surface area contributed by atoms with Crippen LogP contribution < -0.4 is 15.4 Å². The number of hydrogen-bond donors (Lipinski definition) is 2. The highest BCUT2D eigenvalue weighted by molar-refractivity contribution is 14.0. The van der Waals surface area contributed by atoms with Crippen LogP contribution in [0.25, 0.3) is 0 Å². The number of nitrogens with zero attached hydrogens (tertiary/aromatic N) is 3. The van der Waals surface area contributed by atoms with Crippen LogP contribution in [0.15, 0.2) is 72.2 Å². The molecular formula is C21H25FIN5O. The first kappa shape index (κ1) is 22.7. The number of aliphatic imine (C=N–C) groups is 1. The van der Waals surface area contributed by atoms with Crippen molar-refractivity contribution >= 4 is 29.9 Å². The van der Waals surface area contributed by atoms with Gasteiger partial charge in [-0.2, -0.15) is 0 Å². The van der Waals surface area contributed by atoms with Crippen LogP contribution in [-0.2, 0) is 13.1 Å². The average Bonchev–Trinajstić information content (AvgIpc) is 3.22. The molecule has 2 aromatic heterocycles. The molecule has 1 aromatic carbocycles. The number of aromatic nitrogens is 2. The molecule has 0 fully saturated rings. The number of hydrogen-bond acceptors (Lipinski definition) is 3. The van der Waals surface area contributed by atoms with Gasteiger partial charge in [0.15, 0.2) is 17.5 Å². The van der Waals surface area contributed by atoms with Crippen molar-refractivity contribution in [3.63, 3.8) is 0 Å². The molecule has 3 rings (SSSR count). The Balaban J connectivity index is 0.00000300. The fourth-order valence-corrected chi connectivity index (χ4v) is 2.59. The van der Waals surface area contributed by atoms with E-state index in [1.807, 2.05) is 37.5 Å². The third kappa shape index (κ3) is 7.37. The van der Waals surface area contributed by atoms with Gasteiger partial charge in [-0.15, -0.1) is 24.0 Å². The Bertz CT molecular complexity index is 887. The molecule has 0 spiro atoms. The quantitative estimate of drug-likeness (QED) is 0.272. The zero-order valence-corrected chi connectivity index (χ0v) is 18.5. The summed E-state index contributed by atoms with van der Waals surface area (Å²) in [5.74, 6) is 0.929. The summed E-state index contributed by atoms with van der Waals surface area (Å²) in [5, 5.41) is 6.48. The molecule has 0 amide bonds. The summed E-state index contributed by atoms with van der Waals surface area (Å²) in [5.41, 5.74) is 0.763. The lowest BCUT2D eigenvalue weighted by molar-refractivity contribution is 0.440. The van der Waals surface area contributed by atoms with Crippen LogP contribution in [0.2, 0.25) is 0 Å². The zero-order chi connectivity index (χ0) is 19.6. The van der Waals surface area contributed by atoms with Gasteiger partial charge in [-0.3, -0.25) is 4.98 Å². The van der Waals surface area contributed by atoms with Gasteiger partial charge < -0.3 is 19.9 Å². The molecule has 2 heterocycles. The molecule has 8 heteroatoms. The Morgan fingerprint density at radius 2 is 2.00 bits per heavy atom. The fourth-order valence-electron chi connectivity index (χ4n) is 2.59. The second kappa shape index (κ2) is 12.1. The maximum Gasteiger partial charge on any atom is 0.191 e. The van der Waals surface area contributed by atoms with Gasteiger partial charge in [-0.05, 0) is 48.9 Å². The van der Waals surface area contributed by atoms with E-state index in [4.69, 9.17) is 4.74 Å². The fraction of sp³-hybridized carbons (Fsp3) is 0.238. The van der Waals surface area contributed by atoms with Gasteiger partial charge >= 0.3 is 0 Å². The molecule has 0 saturated heterocycles. The van der Waals surface area contributed by atoms with Crippen LogP contribution in [0.3, 0.4) is 0 Å². The monoisotopic (exact) mass is 509 g/mol. The molecule has 2 N–H and O–H groups in total. The largest absolute Gasteiger partial charge is 0.453 e. The smallest absolute Gasteiger partial charge is 0.191 e. The molecule has 0 aliphatic carbocycles. The van der Waals surface area contributed by atoms with E-state index in [1.165, 1.54) is 6.07 Å². The Hall–Kier alpha value is -2.62. The van der Waals surface area contributed by atoms with Crippen molar-refractivity contribution in [2.45, 2.75) is 20.0 Å². The average molecular weight is 509 g/mol. The highest BCUT2D eigenvalue weighted by atomic mass is 127. The van der Waals surface area contributed by atoms with Gasteiger partial charge in [0.05, 0.1) is 12.7 Å². The number of rotatable bonds is 8. The van der Waals surface area contributed by atoms with E-state index >= 15 is 0 Å². The molecule has 0 aliphatic heterocycles. The van der Waals surface area contributed by atoms with Crippen molar-refractivity contribution < 1.29 is 9.13 Å². The van der Waals surface area contributed by atoms with Crippen molar-refractivity contribution in [3.05, 3.63) is 78.6 Å². The molecule has 154 valence electrons. The lowest BCUT2D eigenvalue weighted by Crippen LogP contribution is -2.38. The van der Waals surface area contributed by atoms with Crippen LogP contribution >= 0.6 is 24.0 Å². The molecule has 0 atom stereocenters. The third-order valence-corrected chi connectivity index (χ3v) is 3.95. The number of ether oxygens (including phenoxy) is 1. The second-order valence-corrected chi connectivity index (χ2v) is 6.10. The predicted molar refractivity (Wildman–Crippen MR) is 123 cm³/mol. The first-order valence-corrected chi connectivity index (χ1v) is 9.24. The minimum absolute atomic E-state index is 0. The molecular weight excluding hydrogens is 484 g/mol. The summed E-state index contributed by atoms with van der Waals surface area (Å²) in [6, 6.07) is 12.3. The summed E-state index contributed by atoms with van der Waals surface area (Å²) in [6.45, 7) is 4.71. The first-order chi connectivity index (χ1) is 13.7. The van der Waals surface area contributed by atoms with E-state index in [-0.39, 0.29) is 29.7 Å². The third-order valence-electron chi connectivity index (χ3n) is 3.95. The summed E-state index contributed by atoms with van der Waals surface area (Å²) in [6.07, 6.45) is 7.21. The van der Waals surface area contributed by atoms with Gasteiger partial charge in [0.2, 0.25) is 0 Å². The number of halogens is 2. The van der Waals surface area contributed by atoms with E-state index in [2.05, 4.69) is 25.2 Å². The SMILES string of the molecule is CCNC(=NCc1ccc(Oc2cccnc2)c(F)c1)NCCn1cccc1.I. The number of nitrogens with one attached hydrogen (secondary N) is 2. The Morgan fingerprint density at radius 3 is 2.69 bits per heavy atom. The number of benzene rings is 1.